The van der Waals surface area contributed by atoms with Crippen LogP contribution in [0.4, 0.5) is 0 Å². The van der Waals surface area contributed by atoms with Crippen molar-refractivity contribution in [2.24, 2.45) is 5.41 Å². The Balaban J connectivity index is 1.90. The molecule has 1 aromatic rings. The fraction of sp³-hybridized carbons (Fsp3) is 0.562. The Hall–Kier alpha value is -1.53. The minimum atomic E-state index is 0.143. The first-order valence-electron chi connectivity index (χ1n) is 7.00. The van der Waals surface area contributed by atoms with Crippen molar-refractivity contribution >= 4 is 0 Å². The van der Waals surface area contributed by atoms with E-state index in [0.29, 0.717) is 19.1 Å². The lowest BCUT2D eigenvalue weighted by Gasteiger charge is -2.16. The molecule has 3 nitrogen and oxygen atoms in total. The van der Waals surface area contributed by atoms with Gasteiger partial charge in [-0.1, -0.05) is 19.1 Å². The molecule has 1 atom stereocenters. The van der Waals surface area contributed by atoms with Gasteiger partial charge in [0.25, 0.3) is 0 Å². The molecule has 1 fully saturated rings. The van der Waals surface area contributed by atoms with E-state index in [1.54, 1.807) is 0 Å². The molecule has 0 radical (unpaired) electrons. The molecule has 0 saturated heterocycles. The third-order valence-corrected chi connectivity index (χ3v) is 4.00. The molecule has 102 valence electrons. The van der Waals surface area contributed by atoms with Crippen LogP contribution >= 0.6 is 0 Å². The Bertz CT molecular complexity index is 439. The minimum Gasteiger partial charge on any atom is -0.493 e. The van der Waals surface area contributed by atoms with Crippen molar-refractivity contribution in [3.05, 3.63) is 29.8 Å². The lowest BCUT2D eigenvalue weighted by Crippen LogP contribution is -2.15. The van der Waals surface area contributed by atoms with Gasteiger partial charge in [0.1, 0.15) is 5.75 Å². The van der Waals surface area contributed by atoms with E-state index in [4.69, 9.17) is 10.00 Å². The van der Waals surface area contributed by atoms with Gasteiger partial charge in [0.15, 0.2) is 0 Å². The van der Waals surface area contributed by atoms with Crippen molar-refractivity contribution in [1.82, 2.24) is 5.32 Å². The van der Waals surface area contributed by atoms with E-state index in [0.717, 1.165) is 25.0 Å². The summed E-state index contributed by atoms with van der Waals surface area (Å²) in [5.74, 6) is 0.902. The van der Waals surface area contributed by atoms with Crippen LogP contribution in [-0.2, 0) is 0 Å². The molecule has 1 aliphatic carbocycles. The molecule has 0 heterocycles. The van der Waals surface area contributed by atoms with E-state index in [1.165, 1.54) is 5.56 Å². The number of ether oxygens (including phenoxy) is 1. The number of hydrogen-bond donors (Lipinski definition) is 1. The monoisotopic (exact) mass is 258 g/mol. The maximum absolute atomic E-state index is 8.78. The smallest absolute Gasteiger partial charge is 0.119 e. The number of nitriles is 1. The third-order valence-electron chi connectivity index (χ3n) is 4.00. The van der Waals surface area contributed by atoms with Crippen LogP contribution < -0.4 is 10.1 Å². The van der Waals surface area contributed by atoms with Gasteiger partial charge >= 0.3 is 0 Å². The van der Waals surface area contributed by atoms with Gasteiger partial charge < -0.3 is 10.1 Å². The molecule has 1 aromatic carbocycles. The van der Waals surface area contributed by atoms with E-state index in [9.17, 15) is 0 Å². The molecule has 1 unspecified atom stereocenters. The normalized spacial score (nSPS) is 17.5. The highest BCUT2D eigenvalue weighted by Crippen LogP contribution is 2.48. The highest BCUT2D eigenvalue weighted by molar-refractivity contribution is 5.29. The van der Waals surface area contributed by atoms with Gasteiger partial charge in [-0.2, -0.15) is 5.26 Å². The van der Waals surface area contributed by atoms with Crippen LogP contribution in [-0.4, -0.2) is 13.7 Å². The molecule has 0 bridgehead atoms. The number of rotatable bonds is 7. The van der Waals surface area contributed by atoms with E-state index in [1.807, 2.05) is 19.2 Å². The van der Waals surface area contributed by atoms with Gasteiger partial charge in [-0.05, 0) is 44.0 Å². The Kier molecular flexibility index (Phi) is 4.44. The summed E-state index contributed by atoms with van der Waals surface area (Å²) in [4.78, 5) is 0. The number of benzene rings is 1. The standard InChI is InChI=1S/C16H22N2O/c1-3-15(18-2)13-4-6-14(7-5-13)19-12-16(8-9-16)10-11-17/h4-7,15,18H,3,8-10,12H2,1-2H3. The maximum Gasteiger partial charge on any atom is 0.119 e. The topological polar surface area (TPSA) is 45.0 Å². The lowest BCUT2D eigenvalue weighted by atomic mass is 10.0. The largest absolute Gasteiger partial charge is 0.493 e. The summed E-state index contributed by atoms with van der Waals surface area (Å²) >= 11 is 0. The Morgan fingerprint density at radius 3 is 2.53 bits per heavy atom. The predicted molar refractivity (Wildman–Crippen MR) is 75.9 cm³/mol. The molecule has 0 amide bonds. The number of nitrogens with zero attached hydrogens (tertiary/aromatic N) is 1. The summed E-state index contributed by atoms with van der Waals surface area (Å²) < 4.78 is 5.82. The van der Waals surface area contributed by atoms with Crippen LogP contribution in [0.15, 0.2) is 24.3 Å². The molecule has 1 aliphatic rings. The van der Waals surface area contributed by atoms with Crippen LogP contribution in [0.1, 0.15) is 44.2 Å². The quantitative estimate of drug-likeness (QED) is 0.815. The van der Waals surface area contributed by atoms with Gasteiger partial charge in [0.05, 0.1) is 12.7 Å². The van der Waals surface area contributed by atoms with E-state index < -0.39 is 0 Å². The molecule has 3 heteroatoms. The molecule has 0 spiro atoms. The average Bonchev–Trinajstić information content (AvgIpc) is 3.20. The van der Waals surface area contributed by atoms with Crippen molar-refractivity contribution in [2.45, 2.75) is 38.6 Å². The summed E-state index contributed by atoms with van der Waals surface area (Å²) in [6, 6.07) is 10.9. The van der Waals surface area contributed by atoms with Crippen molar-refractivity contribution < 1.29 is 4.74 Å². The minimum absolute atomic E-state index is 0.143. The second-order valence-corrected chi connectivity index (χ2v) is 5.44. The van der Waals surface area contributed by atoms with E-state index >= 15 is 0 Å². The third kappa shape index (κ3) is 3.48. The number of nitrogens with one attached hydrogen (secondary N) is 1. The van der Waals surface area contributed by atoms with Crippen molar-refractivity contribution in [1.29, 1.82) is 5.26 Å². The Morgan fingerprint density at radius 2 is 2.05 bits per heavy atom. The first kappa shape index (κ1) is 13.9. The Labute approximate surface area is 115 Å². The zero-order chi connectivity index (χ0) is 13.7. The second-order valence-electron chi connectivity index (χ2n) is 5.44. The van der Waals surface area contributed by atoms with Crippen LogP contribution in [0.2, 0.25) is 0 Å². The van der Waals surface area contributed by atoms with Gasteiger partial charge in [0, 0.05) is 17.9 Å². The summed E-state index contributed by atoms with van der Waals surface area (Å²) in [6.45, 7) is 2.84. The SMILES string of the molecule is CCC(NC)c1ccc(OCC2(CC#N)CC2)cc1. The molecular formula is C16H22N2O. The van der Waals surface area contributed by atoms with Crippen molar-refractivity contribution in [3.8, 4) is 11.8 Å². The van der Waals surface area contributed by atoms with Crippen LogP contribution in [0.25, 0.3) is 0 Å². The van der Waals surface area contributed by atoms with Crippen molar-refractivity contribution in [3.63, 3.8) is 0 Å². The molecule has 1 N–H and O–H groups in total. The molecule has 0 aliphatic heterocycles. The van der Waals surface area contributed by atoms with Gasteiger partial charge in [-0.15, -0.1) is 0 Å². The second kappa shape index (κ2) is 6.08. The highest BCUT2D eigenvalue weighted by atomic mass is 16.5. The molecule has 19 heavy (non-hydrogen) atoms. The van der Waals surface area contributed by atoms with Gasteiger partial charge in [-0.25, -0.2) is 0 Å². The number of hydrogen-bond acceptors (Lipinski definition) is 3. The molecular weight excluding hydrogens is 236 g/mol. The van der Waals surface area contributed by atoms with Crippen LogP contribution in [0, 0.1) is 16.7 Å². The summed E-state index contributed by atoms with van der Waals surface area (Å²) in [6.07, 6.45) is 3.93. The summed E-state index contributed by atoms with van der Waals surface area (Å²) in [5, 5.41) is 12.1. The molecule has 1 saturated carbocycles. The van der Waals surface area contributed by atoms with Gasteiger partial charge in [-0.3, -0.25) is 0 Å². The Morgan fingerprint density at radius 1 is 1.37 bits per heavy atom. The first-order chi connectivity index (χ1) is 9.23. The van der Waals surface area contributed by atoms with E-state index in [2.05, 4.69) is 30.4 Å². The first-order valence-corrected chi connectivity index (χ1v) is 7.00. The molecule has 0 aromatic heterocycles. The lowest BCUT2D eigenvalue weighted by molar-refractivity contribution is 0.237. The highest BCUT2D eigenvalue weighted by Gasteiger charge is 2.43. The summed E-state index contributed by atoms with van der Waals surface area (Å²) in [7, 11) is 1.98. The van der Waals surface area contributed by atoms with Gasteiger partial charge in [0.2, 0.25) is 0 Å². The summed E-state index contributed by atoms with van der Waals surface area (Å²) in [5.41, 5.74) is 1.43. The van der Waals surface area contributed by atoms with E-state index in [-0.39, 0.29) is 5.41 Å². The zero-order valence-corrected chi connectivity index (χ0v) is 11.8. The average molecular weight is 258 g/mol. The zero-order valence-electron chi connectivity index (χ0n) is 11.8. The van der Waals surface area contributed by atoms with Crippen molar-refractivity contribution in [2.75, 3.05) is 13.7 Å². The molecule has 2 rings (SSSR count). The maximum atomic E-state index is 8.78. The van der Waals surface area contributed by atoms with Crippen LogP contribution in [0.5, 0.6) is 5.75 Å². The predicted octanol–water partition coefficient (Wildman–Crippen LogP) is 3.43. The van der Waals surface area contributed by atoms with Crippen LogP contribution in [0.3, 0.4) is 0 Å². The fourth-order valence-corrected chi connectivity index (χ4v) is 2.36. The fourth-order valence-electron chi connectivity index (χ4n) is 2.36.